The van der Waals surface area contributed by atoms with Gasteiger partial charge in [-0.15, -0.1) is 0 Å². The van der Waals surface area contributed by atoms with Crippen molar-refractivity contribution in [3.05, 3.63) is 54.1 Å². The SMILES string of the molecule is O=C(O)c1ccc(-c2ccc(OCCCCCCCCCCCCOC(=O)C(CO)CCO)cc2)cc1. The molecule has 1 atom stereocenters. The molecule has 0 radical (unpaired) electrons. The van der Waals surface area contributed by atoms with Gasteiger partial charge in [0.25, 0.3) is 0 Å². The lowest BCUT2D eigenvalue weighted by molar-refractivity contribution is -0.150. The highest BCUT2D eigenvalue weighted by Crippen LogP contribution is 2.23. The molecule has 3 N–H and O–H groups in total. The fraction of sp³-hybridized carbons (Fsp3) is 0.533. The number of esters is 1. The first-order chi connectivity index (χ1) is 18.0. The lowest BCUT2D eigenvalue weighted by Crippen LogP contribution is -2.22. The monoisotopic (exact) mass is 514 g/mol. The molecular weight excluding hydrogens is 472 g/mol. The van der Waals surface area contributed by atoms with E-state index >= 15 is 0 Å². The summed E-state index contributed by atoms with van der Waals surface area (Å²) in [7, 11) is 0. The zero-order valence-corrected chi connectivity index (χ0v) is 21.8. The van der Waals surface area contributed by atoms with Crippen molar-refractivity contribution in [2.45, 2.75) is 70.6 Å². The zero-order valence-electron chi connectivity index (χ0n) is 21.8. The topological polar surface area (TPSA) is 113 Å². The third kappa shape index (κ3) is 12.3. The second kappa shape index (κ2) is 18.4. The predicted molar refractivity (Wildman–Crippen MR) is 144 cm³/mol. The summed E-state index contributed by atoms with van der Waals surface area (Å²) in [5.74, 6) is -1.10. The Morgan fingerprint density at radius 1 is 0.676 bits per heavy atom. The third-order valence-corrected chi connectivity index (χ3v) is 6.40. The number of carboxylic acids is 1. The molecule has 2 aromatic carbocycles. The molecule has 204 valence electrons. The quantitative estimate of drug-likeness (QED) is 0.150. The van der Waals surface area contributed by atoms with E-state index in [9.17, 15) is 9.59 Å². The second-order valence-corrected chi connectivity index (χ2v) is 9.35. The number of unbranched alkanes of at least 4 members (excludes halogenated alkanes) is 9. The highest BCUT2D eigenvalue weighted by Gasteiger charge is 2.18. The highest BCUT2D eigenvalue weighted by atomic mass is 16.5. The molecule has 0 amide bonds. The second-order valence-electron chi connectivity index (χ2n) is 9.35. The maximum Gasteiger partial charge on any atom is 0.335 e. The maximum absolute atomic E-state index is 11.7. The van der Waals surface area contributed by atoms with E-state index in [0.717, 1.165) is 49.0 Å². The van der Waals surface area contributed by atoms with Gasteiger partial charge < -0.3 is 24.8 Å². The minimum atomic E-state index is -0.922. The van der Waals surface area contributed by atoms with Gasteiger partial charge in [-0.3, -0.25) is 4.79 Å². The molecule has 2 aromatic rings. The van der Waals surface area contributed by atoms with Crippen LogP contribution in [0.15, 0.2) is 48.5 Å². The number of hydrogen-bond donors (Lipinski definition) is 3. The van der Waals surface area contributed by atoms with Gasteiger partial charge in [0, 0.05) is 6.61 Å². The van der Waals surface area contributed by atoms with E-state index in [4.69, 9.17) is 24.8 Å². The third-order valence-electron chi connectivity index (χ3n) is 6.40. The highest BCUT2D eigenvalue weighted by molar-refractivity contribution is 5.88. The van der Waals surface area contributed by atoms with Gasteiger partial charge in [-0.25, -0.2) is 4.79 Å². The van der Waals surface area contributed by atoms with E-state index in [1.54, 1.807) is 12.1 Å². The van der Waals surface area contributed by atoms with Crippen LogP contribution in [0.2, 0.25) is 0 Å². The molecule has 0 fully saturated rings. The molecule has 0 aromatic heterocycles. The Kier molecular flexibility index (Phi) is 15.0. The lowest BCUT2D eigenvalue weighted by Gasteiger charge is -2.12. The van der Waals surface area contributed by atoms with Crippen LogP contribution in [0, 0.1) is 5.92 Å². The zero-order chi connectivity index (χ0) is 26.7. The maximum atomic E-state index is 11.7. The first-order valence-electron chi connectivity index (χ1n) is 13.5. The minimum absolute atomic E-state index is 0.126. The molecule has 0 bridgehead atoms. The fourth-order valence-corrected chi connectivity index (χ4v) is 4.09. The molecule has 0 saturated heterocycles. The van der Waals surface area contributed by atoms with E-state index in [1.165, 1.54) is 32.1 Å². The summed E-state index contributed by atoms with van der Waals surface area (Å²) in [6.45, 7) is 0.682. The molecule has 0 heterocycles. The van der Waals surface area contributed by atoms with Crippen molar-refractivity contribution in [1.82, 2.24) is 0 Å². The van der Waals surface area contributed by atoms with Crippen LogP contribution in [0.5, 0.6) is 5.75 Å². The van der Waals surface area contributed by atoms with E-state index in [1.807, 2.05) is 36.4 Å². The van der Waals surface area contributed by atoms with Crippen LogP contribution in [0.3, 0.4) is 0 Å². The molecule has 0 aliphatic heterocycles. The number of aromatic carboxylic acids is 1. The number of carbonyl (C=O) groups is 2. The number of carboxylic acid groups (broad SMARTS) is 1. The smallest absolute Gasteiger partial charge is 0.335 e. The van der Waals surface area contributed by atoms with E-state index < -0.39 is 17.9 Å². The summed E-state index contributed by atoms with van der Waals surface area (Å²) >= 11 is 0. The summed E-state index contributed by atoms with van der Waals surface area (Å²) < 4.78 is 11.0. The molecule has 1 unspecified atom stereocenters. The Morgan fingerprint density at radius 2 is 1.16 bits per heavy atom. The fourth-order valence-electron chi connectivity index (χ4n) is 4.09. The largest absolute Gasteiger partial charge is 0.494 e. The number of carbonyl (C=O) groups excluding carboxylic acids is 1. The van der Waals surface area contributed by atoms with Gasteiger partial charge in [0.15, 0.2) is 0 Å². The molecular formula is C30H42O7. The van der Waals surface area contributed by atoms with Gasteiger partial charge in [0.05, 0.1) is 31.3 Å². The van der Waals surface area contributed by atoms with Gasteiger partial charge >= 0.3 is 11.9 Å². The number of benzene rings is 2. The van der Waals surface area contributed by atoms with Crippen molar-refractivity contribution in [2.24, 2.45) is 5.92 Å². The molecule has 2 rings (SSSR count). The average molecular weight is 515 g/mol. The van der Waals surface area contributed by atoms with Crippen LogP contribution in [-0.2, 0) is 9.53 Å². The van der Waals surface area contributed by atoms with Crippen LogP contribution in [0.1, 0.15) is 81.0 Å². The van der Waals surface area contributed by atoms with Gasteiger partial charge in [0.1, 0.15) is 5.75 Å². The van der Waals surface area contributed by atoms with Crippen LogP contribution >= 0.6 is 0 Å². The van der Waals surface area contributed by atoms with Crippen molar-refractivity contribution < 1.29 is 34.4 Å². The normalized spacial score (nSPS) is 11.7. The number of aliphatic hydroxyl groups excluding tert-OH is 2. The van der Waals surface area contributed by atoms with E-state index in [-0.39, 0.29) is 25.2 Å². The summed E-state index contributed by atoms with van der Waals surface area (Å²) in [6.07, 6.45) is 11.6. The predicted octanol–water partition coefficient (Wildman–Crippen LogP) is 5.87. The molecule has 0 spiro atoms. The summed E-state index contributed by atoms with van der Waals surface area (Å²) in [4.78, 5) is 22.7. The van der Waals surface area contributed by atoms with Gasteiger partial charge in [-0.1, -0.05) is 75.6 Å². The molecule has 0 saturated carbocycles. The van der Waals surface area contributed by atoms with Crippen LogP contribution < -0.4 is 4.74 Å². The van der Waals surface area contributed by atoms with E-state index in [2.05, 4.69) is 0 Å². The van der Waals surface area contributed by atoms with Crippen molar-refractivity contribution in [3.8, 4) is 16.9 Å². The minimum Gasteiger partial charge on any atom is -0.494 e. The Labute approximate surface area is 220 Å². The number of rotatable bonds is 20. The van der Waals surface area contributed by atoms with Gasteiger partial charge in [0.2, 0.25) is 0 Å². The molecule has 0 aliphatic rings. The number of hydrogen-bond acceptors (Lipinski definition) is 6. The van der Waals surface area contributed by atoms with Crippen molar-refractivity contribution >= 4 is 11.9 Å². The van der Waals surface area contributed by atoms with Crippen molar-refractivity contribution in [2.75, 3.05) is 26.4 Å². The molecule has 7 nitrogen and oxygen atoms in total. The van der Waals surface area contributed by atoms with Crippen molar-refractivity contribution in [1.29, 1.82) is 0 Å². The standard InChI is InChI=1S/C30H42O7/c31-20-19-27(23-32)30(35)37-22-10-8-6-4-2-1-3-5-7-9-21-36-28-17-15-25(16-18-28)24-11-13-26(14-12-24)29(33)34/h11-18,27,31-32H,1-10,19-23H2,(H,33,34). The number of aliphatic hydroxyl groups is 2. The van der Waals surface area contributed by atoms with Crippen LogP contribution in [0.25, 0.3) is 11.1 Å². The van der Waals surface area contributed by atoms with Gasteiger partial charge in [-0.2, -0.15) is 0 Å². The Hall–Kier alpha value is -2.90. The van der Waals surface area contributed by atoms with Crippen LogP contribution in [0.4, 0.5) is 0 Å². The molecule has 0 aliphatic carbocycles. The summed E-state index contributed by atoms with van der Waals surface area (Å²) in [5.41, 5.74) is 2.29. The van der Waals surface area contributed by atoms with E-state index in [0.29, 0.717) is 13.2 Å². The summed E-state index contributed by atoms with van der Waals surface area (Å²) in [6, 6.07) is 14.7. The van der Waals surface area contributed by atoms with Gasteiger partial charge in [-0.05, 0) is 54.7 Å². The average Bonchev–Trinajstić information content (AvgIpc) is 2.92. The van der Waals surface area contributed by atoms with Crippen molar-refractivity contribution in [3.63, 3.8) is 0 Å². The Bertz CT molecular complexity index is 893. The van der Waals surface area contributed by atoms with Crippen LogP contribution in [-0.4, -0.2) is 53.7 Å². The molecule has 37 heavy (non-hydrogen) atoms. The lowest BCUT2D eigenvalue weighted by atomic mass is 10.0. The molecule has 7 heteroatoms. The Morgan fingerprint density at radius 3 is 1.65 bits per heavy atom. The Balaban J connectivity index is 1.42. The number of ether oxygens (including phenoxy) is 2. The summed E-state index contributed by atoms with van der Waals surface area (Å²) in [5, 5.41) is 27.0. The first-order valence-corrected chi connectivity index (χ1v) is 13.5. The first kappa shape index (κ1) is 30.3.